The lowest BCUT2D eigenvalue weighted by Crippen LogP contribution is -2.44. The smallest absolute Gasteiger partial charge is 0.239 e. The van der Waals surface area contributed by atoms with Crippen LogP contribution >= 0.6 is 12.4 Å². The maximum atomic E-state index is 12.3. The summed E-state index contributed by atoms with van der Waals surface area (Å²) in [6, 6.07) is 7.71. The number of hydrogen-bond acceptors (Lipinski definition) is 3. The first-order valence-corrected chi connectivity index (χ1v) is 7.33. The minimum atomic E-state index is -0.436. The molecule has 1 saturated heterocycles. The van der Waals surface area contributed by atoms with Crippen LogP contribution in [0.5, 0.6) is 5.75 Å². The molecule has 1 aliphatic rings. The topological polar surface area (TPSA) is 55.6 Å². The minimum absolute atomic E-state index is 0. The van der Waals surface area contributed by atoms with E-state index < -0.39 is 6.04 Å². The fourth-order valence-electron chi connectivity index (χ4n) is 2.81. The number of ether oxygens (including phenoxy) is 1. The molecule has 1 aromatic carbocycles. The maximum absolute atomic E-state index is 12.3. The van der Waals surface area contributed by atoms with Crippen molar-refractivity contribution >= 4 is 18.3 Å². The van der Waals surface area contributed by atoms with Crippen LogP contribution in [-0.4, -0.2) is 30.5 Å². The number of amides is 1. The average molecular weight is 313 g/mol. The Kier molecular flexibility index (Phi) is 6.99. The molecule has 1 aliphatic heterocycles. The predicted molar refractivity (Wildman–Crippen MR) is 86.8 cm³/mol. The highest BCUT2D eigenvalue weighted by atomic mass is 35.5. The van der Waals surface area contributed by atoms with Crippen molar-refractivity contribution in [2.24, 2.45) is 5.73 Å². The lowest BCUT2D eigenvalue weighted by atomic mass is 10.00. The number of rotatable bonds is 3. The van der Waals surface area contributed by atoms with E-state index in [9.17, 15) is 4.79 Å². The third kappa shape index (κ3) is 4.35. The summed E-state index contributed by atoms with van der Waals surface area (Å²) in [5.74, 6) is 0.889. The van der Waals surface area contributed by atoms with Crippen LogP contribution in [0.25, 0.3) is 0 Å². The zero-order valence-electron chi connectivity index (χ0n) is 12.7. The fraction of sp³-hybridized carbons (Fsp3) is 0.562. The number of carbonyl (C=O) groups is 1. The molecule has 2 atom stereocenters. The zero-order valence-corrected chi connectivity index (χ0v) is 13.6. The molecule has 4 nitrogen and oxygen atoms in total. The molecule has 0 spiro atoms. The second-order valence-corrected chi connectivity index (χ2v) is 5.46. The summed E-state index contributed by atoms with van der Waals surface area (Å²) in [4.78, 5) is 14.3. The Morgan fingerprint density at radius 3 is 2.52 bits per heavy atom. The Balaban J connectivity index is 0.00000220. The third-order valence-corrected chi connectivity index (χ3v) is 3.93. The number of nitrogens with two attached hydrogens (primary N) is 1. The number of carbonyl (C=O) groups excluding carboxylic acids is 1. The van der Waals surface area contributed by atoms with E-state index in [-0.39, 0.29) is 24.4 Å². The molecule has 118 valence electrons. The molecule has 1 heterocycles. The number of likely N-dealkylation sites (tertiary alicyclic amines) is 1. The summed E-state index contributed by atoms with van der Waals surface area (Å²) >= 11 is 0. The first-order chi connectivity index (χ1) is 9.63. The van der Waals surface area contributed by atoms with Gasteiger partial charge in [-0.25, -0.2) is 0 Å². The molecular formula is C16H25ClN2O2. The Morgan fingerprint density at radius 1 is 1.29 bits per heavy atom. The van der Waals surface area contributed by atoms with Gasteiger partial charge in [0.1, 0.15) is 5.75 Å². The molecule has 0 aliphatic carbocycles. The van der Waals surface area contributed by atoms with Crippen LogP contribution in [0.2, 0.25) is 0 Å². The number of hydrogen-bond donors (Lipinski definition) is 1. The first kappa shape index (κ1) is 17.8. The van der Waals surface area contributed by atoms with Gasteiger partial charge in [-0.1, -0.05) is 25.0 Å². The van der Waals surface area contributed by atoms with Crippen molar-refractivity contribution in [3.63, 3.8) is 0 Å². The van der Waals surface area contributed by atoms with Crippen molar-refractivity contribution < 1.29 is 9.53 Å². The molecule has 1 fully saturated rings. The van der Waals surface area contributed by atoms with Crippen LogP contribution in [-0.2, 0) is 4.79 Å². The standard InChI is InChI=1S/C16H24N2O2.ClH/c1-12(17)16(19)18-11-5-3-4-6-15(18)13-7-9-14(20-2)10-8-13;/h7-10,12,15H,3-6,11,17H2,1-2H3;1H/t12-,15?;/m0./s1. The van der Waals surface area contributed by atoms with Crippen molar-refractivity contribution in [3.05, 3.63) is 29.8 Å². The van der Waals surface area contributed by atoms with Gasteiger partial charge >= 0.3 is 0 Å². The number of nitrogens with zero attached hydrogens (tertiary/aromatic N) is 1. The highest BCUT2D eigenvalue weighted by Gasteiger charge is 2.28. The molecule has 2 N–H and O–H groups in total. The molecule has 1 unspecified atom stereocenters. The van der Waals surface area contributed by atoms with Crippen LogP contribution in [0.15, 0.2) is 24.3 Å². The van der Waals surface area contributed by atoms with E-state index >= 15 is 0 Å². The van der Waals surface area contributed by atoms with Crippen LogP contribution in [0.3, 0.4) is 0 Å². The third-order valence-electron chi connectivity index (χ3n) is 3.93. The van der Waals surface area contributed by atoms with Gasteiger partial charge in [-0.15, -0.1) is 12.4 Å². The van der Waals surface area contributed by atoms with Crippen molar-refractivity contribution in [3.8, 4) is 5.75 Å². The normalized spacial score (nSPS) is 20.1. The molecule has 0 saturated carbocycles. The summed E-state index contributed by atoms with van der Waals surface area (Å²) < 4.78 is 5.19. The maximum Gasteiger partial charge on any atom is 0.239 e. The van der Waals surface area contributed by atoms with Gasteiger partial charge < -0.3 is 15.4 Å². The molecular weight excluding hydrogens is 288 g/mol. The summed E-state index contributed by atoms with van der Waals surface area (Å²) in [7, 11) is 1.66. The van der Waals surface area contributed by atoms with Gasteiger partial charge in [0.2, 0.25) is 5.91 Å². The van der Waals surface area contributed by atoms with E-state index in [2.05, 4.69) is 12.1 Å². The molecule has 0 radical (unpaired) electrons. The molecule has 0 aromatic heterocycles. The summed E-state index contributed by atoms with van der Waals surface area (Å²) in [5.41, 5.74) is 6.96. The Hall–Kier alpha value is -1.26. The van der Waals surface area contributed by atoms with E-state index in [4.69, 9.17) is 10.5 Å². The van der Waals surface area contributed by atoms with E-state index in [1.807, 2.05) is 17.0 Å². The lowest BCUT2D eigenvalue weighted by molar-refractivity contribution is -0.134. The Morgan fingerprint density at radius 2 is 1.95 bits per heavy atom. The van der Waals surface area contributed by atoms with E-state index in [0.29, 0.717) is 0 Å². The molecule has 5 heteroatoms. The van der Waals surface area contributed by atoms with E-state index in [0.717, 1.165) is 31.6 Å². The quantitative estimate of drug-likeness (QED) is 0.933. The highest BCUT2D eigenvalue weighted by molar-refractivity contribution is 5.85. The van der Waals surface area contributed by atoms with Crippen LogP contribution in [0.4, 0.5) is 0 Å². The van der Waals surface area contributed by atoms with E-state index in [1.165, 1.54) is 12.0 Å². The molecule has 1 amide bonds. The predicted octanol–water partition coefficient (Wildman–Crippen LogP) is 2.91. The van der Waals surface area contributed by atoms with Gasteiger partial charge in [-0.3, -0.25) is 4.79 Å². The minimum Gasteiger partial charge on any atom is -0.497 e. The van der Waals surface area contributed by atoms with Crippen molar-refractivity contribution in [2.45, 2.75) is 44.7 Å². The summed E-state index contributed by atoms with van der Waals surface area (Å²) in [6.07, 6.45) is 4.39. The van der Waals surface area contributed by atoms with Gasteiger partial charge in [0.15, 0.2) is 0 Å². The van der Waals surface area contributed by atoms with Crippen LogP contribution < -0.4 is 10.5 Å². The molecule has 21 heavy (non-hydrogen) atoms. The zero-order chi connectivity index (χ0) is 14.5. The van der Waals surface area contributed by atoms with E-state index in [1.54, 1.807) is 14.0 Å². The van der Waals surface area contributed by atoms with Crippen LogP contribution in [0.1, 0.15) is 44.2 Å². The SMILES string of the molecule is COc1ccc(C2CCCCCN2C(=O)[C@H](C)N)cc1.Cl. The van der Waals surface area contributed by atoms with Crippen LogP contribution in [0, 0.1) is 0 Å². The first-order valence-electron chi connectivity index (χ1n) is 7.33. The lowest BCUT2D eigenvalue weighted by Gasteiger charge is -2.32. The number of methoxy groups -OCH3 is 1. The van der Waals surface area contributed by atoms with Gasteiger partial charge in [0.25, 0.3) is 0 Å². The second kappa shape index (κ2) is 8.25. The van der Waals surface area contributed by atoms with Gasteiger partial charge in [0, 0.05) is 6.54 Å². The largest absolute Gasteiger partial charge is 0.497 e. The van der Waals surface area contributed by atoms with Crippen molar-refractivity contribution in [1.29, 1.82) is 0 Å². The second-order valence-electron chi connectivity index (χ2n) is 5.46. The van der Waals surface area contributed by atoms with Crippen molar-refractivity contribution in [2.75, 3.05) is 13.7 Å². The Labute approximate surface area is 133 Å². The van der Waals surface area contributed by atoms with Gasteiger partial charge in [-0.2, -0.15) is 0 Å². The monoisotopic (exact) mass is 312 g/mol. The molecule has 1 aromatic rings. The fourth-order valence-corrected chi connectivity index (χ4v) is 2.81. The van der Waals surface area contributed by atoms with Crippen molar-refractivity contribution in [1.82, 2.24) is 4.90 Å². The molecule has 0 bridgehead atoms. The highest BCUT2D eigenvalue weighted by Crippen LogP contribution is 2.31. The number of halogens is 1. The average Bonchev–Trinajstić information content (AvgIpc) is 2.72. The summed E-state index contributed by atoms with van der Waals surface area (Å²) in [5, 5.41) is 0. The Bertz CT molecular complexity index is 448. The van der Waals surface area contributed by atoms with Gasteiger partial charge in [-0.05, 0) is 37.5 Å². The molecule has 2 rings (SSSR count). The summed E-state index contributed by atoms with van der Waals surface area (Å²) in [6.45, 7) is 2.56. The number of benzene rings is 1. The van der Waals surface area contributed by atoms with Gasteiger partial charge in [0.05, 0.1) is 19.2 Å².